The zero-order chi connectivity index (χ0) is 2.71. The Balaban J connectivity index is -0.00000000667. The van der Waals surface area contributed by atoms with Crippen molar-refractivity contribution < 1.29 is 22.4 Å². The minimum absolute atomic E-state index is 0. The Morgan fingerprint density at radius 2 is 1.50 bits per heavy atom. The SMILES string of the molecule is O=N[O-].[Ag+].[KH].[NaH]. The van der Waals surface area contributed by atoms with Gasteiger partial charge in [-0.1, -0.05) is 0 Å². The van der Waals surface area contributed by atoms with Crippen molar-refractivity contribution in [3.05, 3.63) is 10.1 Å². The van der Waals surface area contributed by atoms with Crippen LogP contribution in [0.1, 0.15) is 0 Å². The van der Waals surface area contributed by atoms with Gasteiger partial charge in [-0.05, 0) is 0 Å². The molecule has 0 rings (SSSR count). The van der Waals surface area contributed by atoms with Gasteiger partial charge in [0.25, 0.3) is 0 Å². The van der Waals surface area contributed by atoms with Crippen LogP contribution in [-0.2, 0) is 22.4 Å². The van der Waals surface area contributed by atoms with Crippen LogP contribution in [0.15, 0.2) is 5.34 Å². The topological polar surface area (TPSA) is 52.5 Å². The Labute approximate surface area is 116 Å². The van der Waals surface area contributed by atoms with Crippen molar-refractivity contribution in [2.75, 3.05) is 0 Å². The first-order chi connectivity index (χ1) is 1.41. The summed E-state index contributed by atoms with van der Waals surface area (Å²) in [4.78, 5) is 8.00. The van der Waals surface area contributed by atoms with Crippen molar-refractivity contribution in [3.8, 4) is 0 Å². The van der Waals surface area contributed by atoms with Gasteiger partial charge in [-0.25, -0.2) is 0 Å². The predicted octanol–water partition coefficient (Wildman–Crippen LogP) is -1.05. The van der Waals surface area contributed by atoms with Gasteiger partial charge in [0.1, 0.15) is 0 Å². The van der Waals surface area contributed by atoms with Crippen LogP contribution >= 0.6 is 0 Å². The molecule has 0 saturated carbocycles. The summed E-state index contributed by atoms with van der Waals surface area (Å²) in [5.41, 5.74) is 0. The van der Waals surface area contributed by atoms with Crippen molar-refractivity contribution in [1.82, 2.24) is 0 Å². The molecule has 32 valence electrons. The molecule has 0 aliphatic carbocycles. The molecular formula is H2AgKNNaO2. The van der Waals surface area contributed by atoms with Crippen molar-refractivity contribution in [2.45, 2.75) is 0 Å². The molecule has 0 aromatic rings. The van der Waals surface area contributed by atoms with Crippen molar-refractivity contribution in [3.63, 3.8) is 0 Å². The molecule has 0 amide bonds. The monoisotopic (exact) mass is 217 g/mol. The van der Waals surface area contributed by atoms with Crippen LogP contribution in [0.4, 0.5) is 0 Å². The van der Waals surface area contributed by atoms with Crippen LogP contribution in [0.5, 0.6) is 0 Å². The van der Waals surface area contributed by atoms with E-state index in [0.29, 0.717) is 0 Å². The number of nitrogens with zero attached hydrogens (tertiary/aromatic N) is 1. The molecule has 0 fully saturated rings. The Morgan fingerprint density at radius 3 is 1.50 bits per heavy atom. The quantitative estimate of drug-likeness (QED) is 0.296. The second kappa shape index (κ2) is 25.0. The molecule has 0 unspecified atom stereocenters. The summed E-state index contributed by atoms with van der Waals surface area (Å²) < 4.78 is 0. The maximum absolute atomic E-state index is 8.00. The molecule has 0 atom stereocenters. The van der Waals surface area contributed by atoms with Crippen LogP contribution in [-0.4, -0.2) is 80.9 Å². The van der Waals surface area contributed by atoms with Gasteiger partial charge in [-0.3, -0.25) is 0 Å². The van der Waals surface area contributed by atoms with Gasteiger partial charge in [0, 0.05) is 0 Å². The summed E-state index contributed by atoms with van der Waals surface area (Å²) in [6.07, 6.45) is 0. The fourth-order valence-electron chi connectivity index (χ4n) is 0. The molecule has 0 spiro atoms. The van der Waals surface area contributed by atoms with E-state index in [1.165, 1.54) is 0 Å². The second-order valence-corrected chi connectivity index (χ2v) is 0.0745. The molecule has 0 aromatic heterocycles. The van der Waals surface area contributed by atoms with Gasteiger partial charge in [-0.2, -0.15) is 0 Å². The van der Waals surface area contributed by atoms with Gasteiger partial charge in [0.15, 0.2) is 0 Å². The number of hydrogen-bond acceptors (Lipinski definition) is 3. The molecule has 6 heavy (non-hydrogen) atoms. The third-order valence-corrected chi connectivity index (χ3v) is 0. The summed E-state index contributed by atoms with van der Waals surface area (Å²) in [5.74, 6) is 0. The average molecular weight is 218 g/mol. The molecule has 0 N–H and O–H groups in total. The van der Waals surface area contributed by atoms with Gasteiger partial charge in [-0.15, -0.1) is 5.34 Å². The molecule has 3 nitrogen and oxygen atoms in total. The average Bonchev–Trinajstić information content (AvgIpc) is 0.918. The first-order valence-corrected chi connectivity index (χ1v) is 0.365. The Kier molecular flexibility index (Phi) is 97.1. The van der Waals surface area contributed by atoms with E-state index in [1.54, 1.807) is 0 Å². The molecule has 0 heterocycles. The van der Waals surface area contributed by atoms with E-state index < -0.39 is 0 Å². The first-order valence-electron chi connectivity index (χ1n) is 0.365. The summed E-state index contributed by atoms with van der Waals surface area (Å²) in [7, 11) is 0. The van der Waals surface area contributed by atoms with E-state index in [-0.39, 0.29) is 103 Å². The molecular weight excluding hydrogens is 216 g/mol. The van der Waals surface area contributed by atoms with Crippen LogP contribution in [0.2, 0.25) is 0 Å². The number of rotatable bonds is 0. The first kappa shape index (κ1) is 23.3. The molecule has 0 aliphatic heterocycles. The second-order valence-electron chi connectivity index (χ2n) is 0.0745. The van der Waals surface area contributed by atoms with E-state index in [4.69, 9.17) is 10.1 Å². The van der Waals surface area contributed by atoms with E-state index in [9.17, 15) is 0 Å². The Hall–Kier alpha value is 2.78. The van der Waals surface area contributed by atoms with Gasteiger partial charge in [0.2, 0.25) is 0 Å². The zero-order valence-electron chi connectivity index (χ0n) is 1.57. The van der Waals surface area contributed by atoms with Crippen molar-refractivity contribution >= 4 is 80.9 Å². The number of hydrogen-bond donors (Lipinski definition) is 0. The zero-order valence-corrected chi connectivity index (χ0v) is 3.05. The van der Waals surface area contributed by atoms with E-state index in [2.05, 4.69) is 0 Å². The van der Waals surface area contributed by atoms with Gasteiger partial charge in [0.05, 0.1) is 0 Å². The fourth-order valence-corrected chi connectivity index (χ4v) is 0. The molecule has 6 heteroatoms. The molecule has 0 bridgehead atoms. The third-order valence-electron chi connectivity index (χ3n) is 0. The standard InChI is InChI=1S/Ag.K.HNO2.Na.2H/c;;2-1-3;;;/h;;(H,2,3);;;/q+1;;;;;/p-1. The van der Waals surface area contributed by atoms with Crippen molar-refractivity contribution in [2.24, 2.45) is 5.34 Å². The van der Waals surface area contributed by atoms with E-state index >= 15 is 0 Å². The molecule has 0 aromatic carbocycles. The molecule has 0 aliphatic rings. The summed E-state index contributed by atoms with van der Waals surface area (Å²) >= 11 is 0. The van der Waals surface area contributed by atoms with Crippen molar-refractivity contribution in [1.29, 1.82) is 0 Å². The van der Waals surface area contributed by atoms with Crippen LogP contribution in [0.25, 0.3) is 0 Å². The van der Waals surface area contributed by atoms with Crippen LogP contribution in [0.3, 0.4) is 0 Å². The summed E-state index contributed by atoms with van der Waals surface area (Å²) in [5, 5.41) is 9.00. The minimum atomic E-state index is 0. The third kappa shape index (κ3) is 29.3. The van der Waals surface area contributed by atoms with Gasteiger partial charge >= 0.3 is 103 Å². The van der Waals surface area contributed by atoms with Gasteiger partial charge < -0.3 is 10.1 Å². The van der Waals surface area contributed by atoms with E-state index in [1.807, 2.05) is 0 Å². The maximum atomic E-state index is 8.00. The molecule has 0 radical (unpaired) electrons. The molecule has 0 saturated heterocycles. The summed E-state index contributed by atoms with van der Waals surface area (Å²) in [6, 6.07) is 0. The predicted molar refractivity (Wildman–Crippen MR) is 23.5 cm³/mol. The Morgan fingerprint density at radius 1 is 1.50 bits per heavy atom. The fraction of sp³-hybridized carbons (Fsp3) is 0. The van der Waals surface area contributed by atoms with E-state index in [0.717, 1.165) is 5.34 Å². The Bertz CT molecular complexity index is 21.0. The van der Waals surface area contributed by atoms with Crippen LogP contribution < -0.4 is 0 Å². The summed E-state index contributed by atoms with van der Waals surface area (Å²) in [6.45, 7) is 0. The normalized spacial score (nSPS) is 2.00. The van der Waals surface area contributed by atoms with Crippen LogP contribution in [0, 0.1) is 10.1 Å².